The summed E-state index contributed by atoms with van der Waals surface area (Å²) in [5.74, 6) is 1.02. The first-order chi connectivity index (χ1) is 13.0. The minimum atomic E-state index is 0.0323. The van der Waals surface area contributed by atoms with Crippen molar-refractivity contribution in [2.24, 2.45) is 4.99 Å². The molecule has 0 saturated carbocycles. The molecule has 27 heavy (non-hydrogen) atoms. The van der Waals surface area contributed by atoms with Gasteiger partial charge in [0.15, 0.2) is 10.3 Å². The van der Waals surface area contributed by atoms with Gasteiger partial charge in [0.1, 0.15) is 0 Å². The zero-order chi connectivity index (χ0) is 18.9. The molecular formula is C20H21ClN4S2. The first kappa shape index (κ1) is 18.6. The molecule has 1 aliphatic rings. The Morgan fingerprint density at radius 1 is 1.15 bits per heavy atom. The van der Waals surface area contributed by atoms with Gasteiger partial charge in [0.2, 0.25) is 0 Å². The van der Waals surface area contributed by atoms with Gasteiger partial charge in [-0.25, -0.2) is 4.98 Å². The number of aliphatic imine (C=N–C) groups is 1. The van der Waals surface area contributed by atoms with E-state index < -0.39 is 0 Å². The first-order valence-corrected chi connectivity index (χ1v) is 11.0. The van der Waals surface area contributed by atoms with Crippen molar-refractivity contribution in [2.75, 3.05) is 22.9 Å². The third-order valence-corrected chi connectivity index (χ3v) is 6.74. The molecule has 4 nitrogen and oxygen atoms in total. The summed E-state index contributed by atoms with van der Waals surface area (Å²) in [5.41, 5.74) is 3.39. The zero-order valence-corrected chi connectivity index (χ0v) is 17.6. The minimum Gasteiger partial charge on any atom is -0.361 e. The number of nitrogens with zero attached hydrogens (tertiary/aromatic N) is 2. The van der Waals surface area contributed by atoms with Gasteiger partial charge < -0.3 is 10.6 Å². The number of amidine groups is 1. The summed E-state index contributed by atoms with van der Waals surface area (Å²) >= 11 is 9.45. The Hall–Kier alpha value is -1.76. The summed E-state index contributed by atoms with van der Waals surface area (Å²) in [6, 6.07) is 14.3. The van der Waals surface area contributed by atoms with Crippen molar-refractivity contribution < 1.29 is 0 Å². The van der Waals surface area contributed by atoms with E-state index in [2.05, 4.69) is 58.7 Å². The lowest BCUT2D eigenvalue weighted by Crippen LogP contribution is -2.15. The maximum absolute atomic E-state index is 6.04. The van der Waals surface area contributed by atoms with Crippen molar-refractivity contribution in [1.82, 2.24) is 4.98 Å². The molecule has 0 atom stereocenters. The molecule has 2 N–H and O–H groups in total. The normalized spacial score (nSPS) is 15.7. The van der Waals surface area contributed by atoms with Gasteiger partial charge in [-0.2, -0.15) is 0 Å². The van der Waals surface area contributed by atoms with Gasteiger partial charge in [-0.15, -0.1) is 0 Å². The van der Waals surface area contributed by atoms with Crippen LogP contribution >= 0.6 is 34.7 Å². The minimum absolute atomic E-state index is 0.0323. The Labute approximate surface area is 172 Å². The molecule has 1 aromatic heterocycles. The Bertz CT molecular complexity index is 979. The van der Waals surface area contributed by atoms with Crippen LogP contribution in [-0.2, 0) is 6.42 Å². The van der Waals surface area contributed by atoms with Gasteiger partial charge in [-0.1, -0.05) is 46.8 Å². The molecule has 0 fully saturated rings. The van der Waals surface area contributed by atoms with Crippen LogP contribution in [0, 0.1) is 0 Å². The molecule has 7 heteroatoms. The van der Waals surface area contributed by atoms with Gasteiger partial charge >= 0.3 is 0 Å². The molecular weight excluding hydrogens is 396 g/mol. The quantitative estimate of drug-likeness (QED) is 0.543. The average Bonchev–Trinajstić information content (AvgIpc) is 3.18. The fraction of sp³-hybridized carbons (Fsp3) is 0.300. The van der Waals surface area contributed by atoms with E-state index in [1.807, 2.05) is 18.2 Å². The zero-order valence-electron chi connectivity index (χ0n) is 15.3. The number of hydrogen-bond donors (Lipinski definition) is 2. The number of thioether (sulfide) groups is 1. The van der Waals surface area contributed by atoms with E-state index in [1.54, 1.807) is 23.1 Å². The van der Waals surface area contributed by atoms with Gasteiger partial charge in [0.25, 0.3) is 0 Å². The summed E-state index contributed by atoms with van der Waals surface area (Å²) in [5, 5.41) is 9.50. The SMILES string of the molecule is CC1(C)CSC(Nc2ccc(CCNc3nc4ccc(Cl)cc4s3)cc2)=N1. The molecule has 1 aliphatic heterocycles. The number of thiazole rings is 1. The second kappa shape index (κ2) is 7.70. The summed E-state index contributed by atoms with van der Waals surface area (Å²) in [6.45, 7) is 5.16. The number of halogens is 1. The number of hydrogen-bond acceptors (Lipinski definition) is 6. The highest BCUT2D eigenvalue weighted by Crippen LogP contribution is 2.29. The van der Waals surface area contributed by atoms with Crippen molar-refractivity contribution in [2.45, 2.75) is 25.8 Å². The average molecular weight is 417 g/mol. The van der Waals surface area contributed by atoms with E-state index in [0.29, 0.717) is 0 Å². The number of benzene rings is 2. The third-order valence-electron chi connectivity index (χ3n) is 4.21. The fourth-order valence-electron chi connectivity index (χ4n) is 2.81. The second-order valence-corrected chi connectivity index (χ2v) is 9.58. The molecule has 0 aliphatic carbocycles. The lowest BCUT2D eigenvalue weighted by molar-refractivity contribution is 0.605. The smallest absolute Gasteiger partial charge is 0.183 e. The van der Waals surface area contributed by atoms with E-state index in [4.69, 9.17) is 11.6 Å². The third kappa shape index (κ3) is 4.75. The largest absolute Gasteiger partial charge is 0.361 e. The lowest BCUT2D eigenvalue weighted by atomic mass is 10.1. The standard InChI is InChI=1S/C20H21ClN4S2/c1-20(2)12-26-19(25-20)23-15-6-3-13(4-7-15)9-10-22-18-24-16-8-5-14(21)11-17(16)27-18/h3-8,11H,9-10,12H2,1-2H3,(H,22,24)(H,23,25). The molecule has 2 heterocycles. The molecule has 0 amide bonds. The fourth-order valence-corrected chi connectivity index (χ4v) is 5.04. The Balaban J connectivity index is 1.30. The highest BCUT2D eigenvalue weighted by atomic mass is 35.5. The summed E-state index contributed by atoms with van der Waals surface area (Å²) in [7, 11) is 0. The van der Waals surface area contributed by atoms with Gasteiger partial charge in [0.05, 0.1) is 15.8 Å². The number of anilines is 2. The van der Waals surface area contributed by atoms with E-state index in [0.717, 1.165) is 49.9 Å². The second-order valence-electron chi connectivity index (χ2n) is 7.15. The Morgan fingerprint density at radius 2 is 1.96 bits per heavy atom. The van der Waals surface area contributed by atoms with Gasteiger partial charge in [0, 0.05) is 23.0 Å². The van der Waals surface area contributed by atoms with Crippen LogP contribution in [0.1, 0.15) is 19.4 Å². The highest BCUT2D eigenvalue weighted by molar-refractivity contribution is 8.14. The number of rotatable bonds is 5. The van der Waals surface area contributed by atoms with E-state index in [1.165, 1.54) is 5.56 Å². The first-order valence-electron chi connectivity index (χ1n) is 8.85. The number of fused-ring (bicyclic) bond motifs is 1. The predicted molar refractivity (Wildman–Crippen MR) is 121 cm³/mol. The van der Waals surface area contributed by atoms with Crippen molar-refractivity contribution in [3.8, 4) is 0 Å². The van der Waals surface area contributed by atoms with Crippen LogP contribution in [0.4, 0.5) is 10.8 Å². The molecule has 0 unspecified atom stereocenters. The van der Waals surface area contributed by atoms with Crippen molar-refractivity contribution in [1.29, 1.82) is 0 Å². The topological polar surface area (TPSA) is 49.3 Å². The van der Waals surface area contributed by atoms with Crippen LogP contribution in [0.3, 0.4) is 0 Å². The summed E-state index contributed by atoms with van der Waals surface area (Å²) in [4.78, 5) is 9.28. The molecule has 0 radical (unpaired) electrons. The number of aromatic nitrogens is 1. The molecule has 0 bridgehead atoms. The summed E-state index contributed by atoms with van der Waals surface area (Å²) < 4.78 is 1.11. The molecule has 3 aromatic rings. The van der Waals surface area contributed by atoms with E-state index >= 15 is 0 Å². The van der Waals surface area contributed by atoms with Crippen LogP contribution in [-0.4, -0.2) is 28.0 Å². The lowest BCUT2D eigenvalue weighted by Gasteiger charge is -2.09. The predicted octanol–water partition coefficient (Wildman–Crippen LogP) is 5.90. The van der Waals surface area contributed by atoms with Crippen molar-refractivity contribution in [3.05, 3.63) is 53.1 Å². The number of nitrogens with one attached hydrogen (secondary N) is 2. The monoisotopic (exact) mass is 416 g/mol. The van der Waals surface area contributed by atoms with Crippen molar-refractivity contribution >= 4 is 60.9 Å². The van der Waals surface area contributed by atoms with Gasteiger partial charge in [-0.3, -0.25) is 4.99 Å². The van der Waals surface area contributed by atoms with Gasteiger partial charge in [-0.05, 0) is 56.2 Å². The van der Waals surface area contributed by atoms with Crippen molar-refractivity contribution in [3.63, 3.8) is 0 Å². The summed E-state index contributed by atoms with van der Waals surface area (Å²) in [6.07, 6.45) is 0.944. The Kier molecular flexibility index (Phi) is 5.30. The van der Waals surface area contributed by atoms with Crippen LogP contribution in [0.2, 0.25) is 5.02 Å². The van der Waals surface area contributed by atoms with Crippen LogP contribution in [0.25, 0.3) is 10.2 Å². The molecule has 0 spiro atoms. The maximum atomic E-state index is 6.04. The molecule has 140 valence electrons. The molecule has 2 aromatic carbocycles. The maximum Gasteiger partial charge on any atom is 0.183 e. The Morgan fingerprint density at radius 3 is 2.70 bits per heavy atom. The van der Waals surface area contributed by atoms with E-state index in [-0.39, 0.29) is 5.54 Å². The molecule has 4 rings (SSSR count). The van der Waals surface area contributed by atoms with Crippen LogP contribution in [0.15, 0.2) is 47.5 Å². The van der Waals surface area contributed by atoms with E-state index in [9.17, 15) is 0 Å². The van der Waals surface area contributed by atoms with Crippen LogP contribution in [0.5, 0.6) is 0 Å². The molecule has 0 saturated heterocycles. The van der Waals surface area contributed by atoms with Crippen LogP contribution < -0.4 is 10.6 Å². The highest BCUT2D eigenvalue weighted by Gasteiger charge is 2.25.